The van der Waals surface area contributed by atoms with Crippen molar-refractivity contribution in [1.29, 1.82) is 0 Å². The predicted octanol–water partition coefficient (Wildman–Crippen LogP) is -3.27. The Morgan fingerprint density at radius 3 is 2.15 bits per heavy atom. The highest BCUT2D eigenvalue weighted by Crippen LogP contribution is 2.23. The topological polar surface area (TPSA) is 174 Å². The second kappa shape index (κ2) is 6.92. The molecule has 20 heavy (non-hydrogen) atoms. The highest BCUT2D eigenvalue weighted by atomic mass is 16.7. The van der Waals surface area contributed by atoms with Crippen LogP contribution in [0.1, 0.15) is 6.42 Å². The van der Waals surface area contributed by atoms with Gasteiger partial charge in [-0.1, -0.05) is 0 Å². The summed E-state index contributed by atoms with van der Waals surface area (Å²) in [5, 5.41) is 54.8. The van der Waals surface area contributed by atoms with Crippen LogP contribution in [0.3, 0.4) is 0 Å². The van der Waals surface area contributed by atoms with Gasteiger partial charge in [-0.2, -0.15) is 0 Å². The van der Waals surface area contributed by atoms with E-state index in [4.69, 9.17) is 24.8 Å². The van der Waals surface area contributed by atoms with Crippen molar-refractivity contribution in [3.8, 4) is 0 Å². The van der Waals surface area contributed by atoms with Crippen LogP contribution in [0.5, 0.6) is 0 Å². The summed E-state index contributed by atoms with van der Waals surface area (Å²) in [7, 11) is 0. The molecule has 10 heteroatoms. The molecular weight excluding hydrogens is 280 g/mol. The Morgan fingerprint density at radius 2 is 1.70 bits per heavy atom. The molecule has 116 valence electrons. The fraction of sp³-hybridized carbons (Fsp3) is 0.800. The van der Waals surface area contributed by atoms with E-state index in [-0.39, 0.29) is 0 Å². The summed E-state index contributed by atoms with van der Waals surface area (Å²) in [5.74, 6) is -3.04. The van der Waals surface area contributed by atoms with E-state index >= 15 is 0 Å². The second-order valence-corrected chi connectivity index (χ2v) is 4.26. The van der Waals surface area contributed by atoms with Crippen LogP contribution in [-0.4, -0.2) is 86.0 Å². The van der Waals surface area contributed by atoms with Crippen molar-refractivity contribution in [2.24, 2.45) is 0 Å². The first-order valence-corrected chi connectivity index (χ1v) is 5.68. The predicted molar refractivity (Wildman–Crippen MR) is 58.5 cm³/mol. The van der Waals surface area contributed by atoms with Gasteiger partial charge in [0.2, 0.25) is 0 Å². The number of carbonyl (C=O) groups is 2. The number of ether oxygens (including phenoxy) is 2. The number of rotatable bonds is 6. The van der Waals surface area contributed by atoms with Gasteiger partial charge in [-0.15, -0.1) is 0 Å². The molecule has 1 saturated heterocycles. The summed E-state index contributed by atoms with van der Waals surface area (Å²) in [5.41, 5.74) is 0. The highest BCUT2D eigenvalue weighted by Gasteiger charge is 2.45. The number of aliphatic hydroxyl groups is 4. The van der Waals surface area contributed by atoms with Crippen LogP contribution in [0.25, 0.3) is 0 Å². The molecule has 1 rings (SSSR count). The normalized spacial score (nSPS) is 35.5. The highest BCUT2D eigenvalue weighted by molar-refractivity contribution is 5.79. The Morgan fingerprint density at radius 1 is 1.10 bits per heavy atom. The van der Waals surface area contributed by atoms with Crippen molar-refractivity contribution in [2.75, 3.05) is 6.61 Å². The van der Waals surface area contributed by atoms with Crippen molar-refractivity contribution in [3.05, 3.63) is 0 Å². The van der Waals surface area contributed by atoms with E-state index in [2.05, 4.69) is 0 Å². The summed E-state index contributed by atoms with van der Waals surface area (Å²) in [6.07, 6.45) is -10.8. The SMILES string of the molecule is O=C(O)C[C@H](O[C@H]1OC(CO)[C@@H](O)[C@H](O)C1O)C(=O)O. The van der Waals surface area contributed by atoms with Crippen LogP contribution in [0.2, 0.25) is 0 Å². The molecule has 0 amide bonds. The molecule has 1 aliphatic rings. The van der Waals surface area contributed by atoms with Crippen LogP contribution in [0, 0.1) is 0 Å². The molecular formula is C10H16O10. The Kier molecular flexibility index (Phi) is 5.80. The molecule has 6 N–H and O–H groups in total. The minimum Gasteiger partial charge on any atom is -0.481 e. The van der Waals surface area contributed by atoms with Gasteiger partial charge in [0.1, 0.15) is 24.4 Å². The molecule has 0 bridgehead atoms. The maximum Gasteiger partial charge on any atom is 0.333 e. The van der Waals surface area contributed by atoms with E-state index in [1.807, 2.05) is 0 Å². The third-order valence-electron chi connectivity index (χ3n) is 2.78. The van der Waals surface area contributed by atoms with Gasteiger partial charge in [0.05, 0.1) is 13.0 Å². The van der Waals surface area contributed by atoms with Gasteiger partial charge in [-0.3, -0.25) is 4.79 Å². The molecule has 0 aromatic rings. The Labute approximate surface area is 112 Å². The van der Waals surface area contributed by atoms with Crippen molar-refractivity contribution < 1.29 is 49.7 Å². The first-order chi connectivity index (χ1) is 9.27. The summed E-state index contributed by atoms with van der Waals surface area (Å²) in [6, 6.07) is 0. The summed E-state index contributed by atoms with van der Waals surface area (Å²) in [4.78, 5) is 21.3. The van der Waals surface area contributed by atoms with E-state index in [1.165, 1.54) is 0 Å². The molecule has 6 atom stereocenters. The monoisotopic (exact) mass is 296 g/mol. The maximum atomic E-state index is 10.8. The van der Waals surface area contributed by atoms with Gasteiger partial charge in [0.25, 0.3) is 0 Å². The number of aliphatic carboxylic acids is 2. The van der Waals surface area contributed by atoms with Crippen molar-refractivity contribution in [1.82, 2.24) is 0 Å². The number of carboxylic acids is 2. The first kappa shape index (κ1) is 16.8. The standard InChI is InChI=1S/C10H16O10/c11-2-4-6(14)7(15)8(16)10(20-4)19-3(9(17)18)1-5(12)13/h3-4,6-8,10-11,14-16H,1-2H2,(H,12,13)(H,17,18)/t3-,4?,6+,7-,8?,10-/m0/s1. The van der Waals surface area contributed by atoms with Gasteiger partial charge >= 0.3 is 11.9 Å². The van der Waals surface area contributed by atoms with Crippen LogP contribution in [-0.2, 0) is 19.1 Å². The Balaban J connectivity index is 2.77. The van der Waals surface area contributed by atoms with Gasteiger partial charge in [-0.25, -0.2) is 4.79 Å². The van der Waals surface area contributed by atoms with Gasteiger partial charge in [-0.05, 0) is 0 Å². The molecule has 10 nitrogen and oxygen atoms in total. The first-order valence-electron chi connectivity index (χ1n) is 5.68. The average Bonchev–Trinajstić information content (AvgIpc) is 2.37. The van der Waals surface area contributed by atoms with Gasteiger partial charge in [0, 0.05) is 0 Å². The van der Waals surface area contributed by atoms with E-state index in [0.717, 1.165) is 0 Å². The van der Waals surface area contributed by atoms with Crippen molar-refractivity contribution >= 4 is 11.9 Å². The molecule has 1 heterocycles. The van der Waals surface area contributed by atoms with Crippen LogP contribution >= 0.6 is 0 Å². The largest absolute Gasteiger partial charge is 0.481 e. The van der Waals surface area contributed by atoms with Gasteiger partial charge in [0.15, 0.2) is 12.4 Å². The number of aliphatic hydroxyl groups excluding tert-OH is 4. The third kappa shape index (κ3) is 3.85. The molecule has 1 aliphatic heterocycles. The van der Waals surface area contributed by atoms with E-state index in [9.17, 15) is 24.9 Å². The zero-order valence-electron chi connectivity index (χ0n) is 10.2. The molecule has 0 radical (unpaired) electrons. The Bertz CT molecular complexity index is 356. The molecule has 0 aliphatic carbocycles. The van der Waals surface area contributed by atoms with E-state index in [0.29, 0.717) is 0 Å². The Hall–Kier alpha value is -1.30. The fourth-order valence-electron chi connectivity index (χ4n) is 1.69. The van der Waals surface area contributed by atoms with Crippen LogP contribution in [0.15, 0.2) is 0 Å². The number of carboxylic acid groups (broad SMARTS) is 2. The lowest BCUT2D eigenvalue weighted by molar-refractivity contribution is -0.310. The minimum absolute atomic E-state index is 0.707. The lowest BCUT2D eigenvalue weighted by Gasteiger charge is -2.40. The number of hydrogen-bond donors (Lipinski definition) is 6. The molecule has 0 spiro atoms. The third-order valence-corrected chi connectivity index (χ3v) is 2.78. The van der Waals surface area contributed by atoms with Crippen LogP contribution < -0.4 is 0 Å². The maximum absolute atomic E-state index is 10.8. The molecule has 1 fully saturated rings. The van der Waals surface area contributed by atoms with Crippen molar-refractivity contribution in [3.63, 3.8) is 0 Å². The lowest BCUT2D eigenvalue weighted by Crippen LogP contribution is -2.60. The minimum atomic E-state index is -1.81. The zero-order chi connectivity index (χ0) is 15.4. The molecule has 2 unspecified atom stereocenters. The molecule has 0 aromatic carbocycles. The summed E-state index contributed by atoms with van der Waals surface area (Å²) >= 11 is 0. The van der Waals surface area contributed by atoms with Crippen molar-refractivity contribution in [2.45, 2.75) is 43.2 Å². The second-order valence-electron chi connectivity index (χ2n) is 4.26. The fourth-order valence-corrected chi connectivity index (χ4v) is 1.69. The van der Waals surface area contributed by atoms with Gasteiger partial charge < -0.3 is 40.1 Å². The molecule has 0 saturated carbocycles. The number of hydrogen-bond acceptors (Lipinski definition) is 8. The summed E-state index contributed by atoms with van der Waals surface area (Å²) in [6.45, 7) is -0.707. The van der Waals surface area contributed by atoms with E-state index in [1.54, 1.807) is 0 Å². The smallest absolute Gasteiger partial charge is 0.333 e. The van der Waals surface area contributed by atoms with E-state index < -0.39 is 61.8 Å². The molecule has 0 aromatic heterocycles. The summed E-state index contributed by atoms with van der Waals surface area (Å²) < 4.78 is 9.70. The quantitative estimate of drug-likeness (QED) is 0.292. The zero-order valence-corrected chi connectivity index (χ0v) is 10.2. The lowest BCUT2D eigenvalue weighted by atomic mass is 9.99. The average molecular weight is 296 g/mol. The van der Waals surface area contributed by atoms with Crippen LogP contribution in [0.4, 0.5) is 0 Å².